The first-order chi connectivity index (χ1) is 9.20. The molecule has 0 fully saturated rings. The molecule has 1 aromatic rings. The lowest BCUT2D eigenvalue weighted by Crippen LogP contribution is -2.16. The van der Waals surface area contributed by atoms with E-state index in [4.69, 9.17) is 4.74 Å². The Bertz CT molecular complexity index is 295. The molecule has 0 saturated heterocycles. The fourth-order valence-electron chi connectivity index (χ4n) is 1.47. The molecule has 19 heavy (non-hydrogen) atoms. The Kier molecular flexibility index (Phi) is 12.5. The van der Waals surface area contributed by atoms with E-state index in [1.54, 1.807) is 0 Å². The Morgan fingerprint density at radius 1 is 1.11 bits per heavy atom. The van der Waals surface area contributed by atoms with Crippen molar-refractivity contribution >= 4 is 6.08 Å². The maximum atomic E-state index is 5.37. The van der Waals surface area contributed by atoms with Crippen LogP contribution in [0.15, 0.2) is 36.9 Å². The van der Waals surface area contributed by atoms with E-state index >= 15 is 0 Å². The van der Waals surface area contributed by atoms with Gasteiger partial charge in [-0.25, -0.2) is 0 Å². The molecule has 0 aliphatic rings. The van der Waals surface area contributed by atoms with E-state index in [2.05, 4.69) is 13.5 Å². The molecule has 0 bridgehead atoms. The zero-order valence-corrected chi connectivity index (χ0v) is 12.8. The van der Waals surface area contributed by atoms with Crippen molar-refractivity contribution in [3.8, 4) is 0 Å². The zero-order valence-electron chi connectivity index (χ0n) is 12.8. The van der Waals surface area contributed by atoms with Crippen molar-refractivity contribution in [2.24, 2.45) is 0 Å². The van der Waals surface area contributed by atoms with Crippen molar-refractivity contribution in [2.45, 2.75) is 32.6 Å². The van der Waals surface area contributed by atoms with Gasteiger partial charge in [0.05, 0.1) is 6.73 Å². The molecule has 0 spiro atoms. The van der Waals surface area contributed by atoms with Gasteiger partial charge in [0.15, 0.2) is 0 Å². The zero-order chi connectivity index (χ0) is 14.3. The largest absolute Gasteiger partial charge is 0.366 e. The topological polar surface area (TPSA) is 12.5 Å². The van der Waals surface area contributed by atoms with Crippen LogP contribution in [0.3, 0.4) is 0 Å². The molecule has 0 unspecified atom stereocenters. The Hall–Kier alpha value is -1.12. The van der Waals surface area contributed by atoms with Crippen LogP contribution in [0.4, 0.5) is 0 Å². The van der Waals surface area contributed by atoms with Gasteiger partial charge in [-0.15, -0.1) is 0 Å². The summed E-state index contributed by atoms with van der Waals surface area (Å²) in [4.78, 5) is 2.04. The SMILES string of the molecule is C=Cc1ccccc1.CCCCCCOCN(C)C. The molecule has 108 valence electrons. The monoisotopic (exact) mass is 263 g/mol. The van der Waals surface area contributed by atoms with Crippen molar-refractivity contribution in [3.05, 3.63) is 42.5 Å². The minimum absolute atomic E-state index is 0.756. The lowest BCUT2D eigenvalue weighted by atomic mass is 10.2. The third-order valence-corrected chi connectivity index (χ3v) is 2.53. The van der Waals surface area contributed by atoms with Crippen LogP contribution in [0.2, 0.25) is 0 Å². The van der Waals surface area contributed by atoms with E-state index in [0.717, 1.165) is 13.3 Å². The lowest BCUT2D eigenvalue weighted by Gasteiger charge is -2.09. The quantitative estimate of drug-likeness (QED) is 0.508. The number of hydrogen-bond acceptors (Lipinski definition) is 2. The first-order valence-electron chi connectivity index (χ1n) is 7.10. The molecule has 0 atom stereocenters. The molecule has 0 aromatic heterocycles. The number of unbranched alkanes of at least 4 members (excludes halogenated alkanes) is 3. The predicted molar refractivity (Wildman–Crippen MR) is 85.2 cm³/mol. The van der Waals surface area contributed by atoms with Gasteiger partial charge in [-0.3, -0.25) is 4.90 Å². The van der Waals surface area contributed by atoms with Gasteiger partial charge >= 0.3 is 0 Å². The summed E-state index contributed by atoms with van der Waals surface area (Å²) in [6.07, 6.45) is 6.99. The first kappa shape index (κ1) is 17.9. The Balaban J connectivity index is 0.000000356. The van der Waals surface area contributed by atoms with E-state index in [9.17, 15) is 0 Å². The predicted octanol–water partition coefficient (Wildman–Crippen LogP) is 4.43. The van der Waals surface area contributed by atoms with Gasteiger partial charge in [0.2, 0.25) is 0 Å². The highest BCUT2D eigenvalue weighted by atomic mass is 16.5. The van der Waals surface area contributed by atoms with E-state index in [-0.39, 0.29) is 0 Å². The summed E-state index contributed by atoms with van der Waals surface area (Å²) < 4.78 is 5.37. The highest BCUT2D eigenvalue weighted by Gasteiger charge is 1.90. The highest BCUT2D eigenvalue weighted by Crippen LogP contribution is 1.98. The van der Waals surface area contributed by atoms with Gasteiger partial charge in [0.1, 0.15) is 0 Å². The van der Waals surface area contributed by atoms with Crippen molar-refractivity contribution in [1.82, 2.24) is 4.90 Å². The molecule has 1 rings (SSSR count). The summed E-state index contributed by atoms with van der Waals surface area (Å²) in [5, 5.41) is 0. The molecule has 0 aliphatic carbocycles. The Morgan fingerprint density at radius 2 is 1.79 bits per heavy atom. The van der Waals surface area contributed by atoms with E-state index in [0.29, 0.717) is 0 Å². The molecule has 0 heterocycles. The van der Waals surface area contributed by atoms with Gasteiger partial charge in [0, 0.05) is 6.61 Å². The summed E-state index contributed by atoms with van der Waals surface area (Å²) in [5.41, 5.74) is 1.17. The smallest absolute Gasteiger partial charge is 0.0985 e. The van der Waals surface area contributed by atoms with Crippen LogP contribution in [-0.2, 0) is 4.74 Å². The maximum absolute atomic E-state index is 5.37. The molecule has 0 saturated carbocycles. The summed E-state index contributed by atoms with van der Waals surface area (Å²) in [6, 6.07) is 10.0. The van der Waals surface area contributed by atoms with Gasteiger partial charge < -0.3 is 4.74 Å². The van der Waals surface area contributed by atoms with Crippen molar-refractivity contribution < 1.29 is 4.74 Å². The molecule has 2 nitrogen and oxygen atoms in total. The lowest BCUT2D eigenvalue weighted by molar-refractivity contribution is 0.0539. The van der Waals surface area contributed by atoms with Crippen LogP contribution < -0.4 is 0 Å². The second kappa shape index (κ2) is 13.3. The third kappa shape index (κ3) is 13.1. The standard InChI is InChI=1S/C9H21NO.C8H8/c1-4-5-6-7-8-11-9-10(2)3;1-2-8-6-4-3-5-7-8/h4-9H2,1-3H3;2-7H,1H2. The van der Waals surface area contributed by atoms with Crippen LogP contribution >= 0.6 is 0 Å². The van der Waals surface area contributed by atoms with Crippen LogP contribution in [0.5, 0.6) is 0 Å². The molecule has 0 aliphatic heterocycles. The molecule has 0 amide bonds. The average Bonchev–Trinajstić information content (AvgIpc) is 2.44. The second-order valence-corrected chi connectivity index (χ2v) is 4.79. The number of nitrogens with zero attached hydrogens (tertiary/aromatic N) is 1. The van der Waals surface area contributed by atoms with E-state index in [1.165, 1.54) is 31.2 Å². The van der Waals surface area contributed by atoms with E-state index < -0.39 is 0 Å². The van der Waals surface area contributed by atoms with Crippen LogP contribution in [0, 0.1) is 0 Å². The average molecular weight is 263 g/mol. The fraction of sp³-hybridized carbons (Fsp3) is 0.529. The molecule has 0 N–H and O–H groups in total. The second-order valence-electron chi connectivity index (χ2n) is 4.79. The number of rotatable bonds is 8. The molecule has 0 radical (unpaired) electrons. The number of hydrogen-bond donors (Lipinski definition) is 0. The van der Waals surface area contributed by atoms with Crippen LogP contribution in [-0.4, -0.2) is 32.3 Å². The molecular formula is C17H29NO. The number of ether oxygens (including phenoxy) is 1. The molecule has 1 aromatic carbocycles. The minimum atomic E-state index is 0.756. The van der Waals surface area contributed by atoms with Crippen molar-refractivity contribution in [3.63, 3.8) is 0 Å². The highest BCUT2D eigenvalue weighted by molar-refractivity contribution is 5.45. The summed E-state index contributed by atoms with van der Waals surface area (Å²) in [5.74, 6) is 0. The van der Waals surface area contributed by atoms with Crippen molar-refractivity contribution in [2.75, 3.05) is 27.4 Å². The van der Waals surface area contributed by atoms with Crippen LogP contribution in [0.1, 0.15) is 38.2 Å². The summed E-state index contributed by atoms with van der Waals surface area (Å²) in [6.45, 7) is 7.52. The van der Waals surface area contributed by atoms with Crippen LogP contribution in [0.25, 0.3) is 6.08 Å². The Labute approximate surface area is 119 Å². The maximum Gasteiger partial charge on any atom is 0.0985 e. The normalized spacial score (nSPS) is 9.89. The first-order valence-corrected chi connectivity index (χ1v) is 7.10. The van der Waals surface area contributed by atoms with Crippen molar-refractivity contribution in [1.29, 1.82) is 0 Å². The minimum Gasteiger partial charge on any atom is -0.366 e. The molecule has 2 heteroatoms. The third-order valence-electron chi connectivity index (χ3n) is 2.53. The summed E-state index contributed by atoms with van der Waals surface area (Å²) >= 11 is 0. The fourth-order valence-corrected chi connectivity index (χ4v) is 1.47. The van der Waals surface area contributed by atoms with Gasteiger partial charge in [-0.2, -0.15) is 0 Å². The van der Waals surface area contributed by atoms with Gasteiger partial charge in [0.25, 0.3) is 0 Å². The van der Waals surface area contributed by atoms with E-state index in [1.807, 2.05) is 55.4 Å². The van der Waals surface area contributed by atoms with Gasteiger partial charge in [-0.05, 0) is 26.1 Å². The van der Waals surface area contributed by atoms with Gasteiger partial charge in [-0.1, -0.05) is 69.2 Å². The molecular weight excluding hydrogens is 234 g/mol. The number of benzene rings is 1. The Morgan fingerprint density at radius 3 is 2.26 bits per heavy atom. The summed E-state index contributed by atoms with van der Waals surface area (Å²) in [7, 11) is 4.04.